The van der Waals surface area contributed by atoms with Gasteiger partial charge in [0.15, 0.2) is 4.90 Å². The summed E-state index contributed by atoms with van der Waals surface area (Å²) in [7, 11) is 1.84. The second-order valence-electron chi connectivity index (χ2n) is 2.47. The van der Waals surface area contributed by atoms with Crippen molar-refractivity contribution in [3.05, 3.63) is 18.0 Å². The van der Waals surface area contributed by atoms with Crippen LogP contribution in [0.15, 0.2) is 17.2 Å². The van der Waals surface area contributed by atoms with E-state index in [-0.39, 0.29) is 5.75 Å². The van der Waals surface area contributed by atoms with E-state index < -0.39 is 26.1 Å². The van der Waals surface area contributed by atoms with Crippen molar-refractivity contribution in [2.24, 2.45) is 0 Å². The summed E-state index contributed by atoms with van der Waals surface area (Å²) in [5.74, 6) is -0.254. The van der Waals surface area contributed by atoms with Crippen molar-refractivity contribution in [3.8, 4) is 5.75 Å². The number of alkyl halides is 2. The van der Waals surface area contributed by atoms with E-state index in [1.807, 2.05) is 0 Å². The molecule has 0 saturated carbocycles. The molecule has 1 aromatic rings. The van der Waals surface area contributed by atoms with Gasteiger partial charge in [0.25, 0.3) is 15.5 Å². The van der Waals surface area contributed by atoms with Crippen LogP contribution in [0.25, 0.3) is 0 Å². The zero-order valence-corrected chi connectivity index (χ0v) is 9.02. The molecule has 0 aliphatic carbocycles. The minimum atomic E-state index is -4.32. The highest BCUT2D eigenvalue weighted by Crippen LogP contribution is 2.33. The van der Waals surface area contributed by atoms with Crippen LogP contribution in [0.3, 0.4) is 0 Å². The Morgan fingerprint density at radius 3 is 2.53 bits per heavy atom. The largest absolute Gasteiger partial charge is 0.495 e. The van der Waals surface area contributed by atoms with Crippen LogP contribution in [0.2, 0.25) is 0 Å². The van der Waals surface area contributed by atoms with Gasteiger partial charge in [0.05, 0.1) is 7.11 Å². The normalized spacial score (nSPS) is 11.8. The second kappa shape index (κ2) is 4.28. The monoisotopic (exact) mass is 257 g/mol. The van der Waals surface area contributed by atoms with Gasteiger partial charge < -0.3 is 4.74 Å². The van der Waals surface area contributed by atoms with E-state index in [1.165, 1.54) is 0 Å². The minimum absolute atomic E-state index is 0.254. The summed E-state index contributed by atoms with van der Waals surface area (Å²) < 4.78 is 51.6. The number of aromatic nitrogens is 1. The molecule has 0 saturated heterocycles. The molecule has 0 N–H and O–H groups in total. The molecule has 0 atom stereocenters. The van der Waals surface area contributed by atoms with Gasteiger partial charge in [0.1, 0.15) is 11.4 Å². The zero-order chi connectivity index (χ0) is 11.6. The first-order valence-electron chi connectivity index (χ1n) is 3.63. The van der Waals surface area contributed by atoms with Crippen molar-refractivity contribution in [2.75, 3.05) is 7.11 Å². The Morgan fingerprint density at radius 1 is 1.53 bits per heavy atom. The molecule has 4 nitrogen and oxygen atoms in total. The molecule has 0 unspecified atom stereocenters. The Kier molecular flexibility index (Phi) is 3.46. The van der Waals surface area contributed by atoms with Crippen LogP contribution in [-0.2, 0) is 9.05 Å². The van der Waals surface area contributed by atoms with Gasteiger partial charge in [0, 0.05) is 16.9 Å². The summed E-state index contributed by atoms with van der Waals surface area (Å²) in [6, 6.07) is 1.14. The Balaban J connectivity index is 3.55. The molecule has 0 spiro atoms. The molecular formula is C7H6ClF2NO3S. The number of hydrogen-bond donors (Lipinski definition) is 0. The third-order valence-electron chi connectivity index (χ3n) is 1.57. The summed E-state index contributed by atoms with van der Waals surface area (Å²) in [6.07, 6.45) is -2.02. The maximum Gasteiger partial charge on any atom is 0.281 e. The third kappa shape index (κ3) is 2.54. The number of methoxy groups -OCH3 is 1. The summed E-state index contributed by atoms with van der Waals surface area (Å²) in [5, 5.41) is 0. The Hall–Kier alpha value is -0.950. The standard InChI is InChI=1S/C7H6ClF2NO3S/c1-14-4-2-3-11-5(7(9)10)6(4)15(8,12)13/h2-3,7H,1H3. The molecule has 84 valence electrons. The molecule has 0 aliphatic rings. The molecular weight excluding hydrogens is 252 g/mol. The van der Waals surface area contributed by atoms with Crippen LogP contribution in [0.1, 0.15) is 12.1 Å². The number of rotatable bonds is 3. The van der Waals surface area contributed by atoms with Crippen LogP contribution in [-0.4, -0.2) is 20.5 Å². The van der Waals surface area contributed by atoms with E-state index in [0.717, 1.165) is 19.4 Å². The topological polar surface area (TPSA) is 56.3 Å². The molecule has 1 rings (SSSR count). The molecule has 0 aliphatic heterocycles. The van der Waals surface area contributed by atoms with Crippen LogP contribution >= 0.6 is 10.7 Å². The lowest BCUT2D eigenvalue weighted by molar-refractivity contribution is 0.141. The zero-order valence-electron chi connectivity index (χ0n) is 7.45. The summed E-state index contributed by atoms with van der Waals surface area (Å²) >= 11 is 0. The van der Waals surface area contributed by atoms with E-state index >= 15 is 0 Å². The number of hydrogen-bond acceptors (Lipinski definition) is 4. The van der Waals surface area contributed by atoms with Gasteiger partial charge in [-0.2, -0.15) is 0 Å². The average molecular weight is 258 g/mol. The molecule has 0 amide bonds. The Bertz CT molecular complexity index is 463. The molecule has 8 heteroatoms. The molecule has 0 aromatic carbocycles. The molecule has 0 bridgehead atoms. The van der Waals surface area contributed by atoms with Crippen molar-refractivity contribution in [1.82, 2.24) is 4.98 Å². The predicted molar refractivity (Wildman–Crippen MR) is 48.8 cm³/mol. The maximum atomic E-state index is 12.4. The summed E-state index contributed by atoms with van der Waals surface area (Å²) in [4.78, 5) is 2.47. The van der Waals surface area contributed by atoms with Crippen LogP contribution in [0.4, 0.5) is 8.78 Å². The molecule has 1 aromatic heterocycles. The highest BCUT2D eigenvalue weighted by molar-refractivity contribution is 8.13. The van der Waals surface area contributed by atoms with Gasteiger partial charge in [-0.25, -0.2) is 17.2 Å². The molecule has 0 fully saturated rings. The number of halogens is 3. The lowest BCUT2D eigenvalue weighted by Crippen LogP contribution is -2.04. The van der Waals surface area contributed by atoms with Gasteiger partial charge >= 0.3 is 0 Å². The molecule has 15 heavy (non-hydrogen) atoms. The van der Waals surface area contributed by atoms with Crippen molar-refractivity contribution >= 4 is 19.7 Å². The number of nitrogens with zero attached hydrogens (tertiary/aromatic N) is 1. The maximum absolute atomic E-state index is 12.4. The van der Waals surface area contributed by atoms with Crippen molar-refractivity contribution in [1.29, 1.82) is 0 Å². The summed E-state index contributed by atoms with van der Waals surface area (Å²) in [6.45, 7) is 0. The predicted octanol–water partition coefficient (Wildman–Crippen LogP) is 1.96. The summed E-state index contributed by atoms with van der Waals surface area (Å²) in [5.41, 5.74) is -0.913. The second-order valence-corrected chi connectivity index (χ2v) is 4.97. The highest BCUT2D eigenvalue weighted by Gasteiger charge is 2.27. The van der Waals surface area contributed by atoms with Crippen LogP contribution in [0.5, 0.6) is 5.75 Å². The fourth-order valence-corrected chi connectivity index (χ4v) is 2.26. The average Bonchev–Trinajstić information content (AvgIpc) is 2.15. The quantitative estimate of drug-likeness (QED) is 0.777. The lowest BCUT2D eigenvalue weighted by atomic mass is 10.3. The van der Waals surface area contributed by atoms with Gasteiger partial charge in [-0.3, -0.25) is 4.98 Å². The van der Waals surface area contributed by atoms with Gasteiger partial charge in [-0.1, -0.05) is 0 Å². The van der Waals surface area contributed by atoms with Crippen molar-refractivity contribution in [2.45, 2.75) is 11.3 Å². The van der Waals surface area contributed by atoms with E-state index in [2.05, 4.69) is 9.72 Å². The van der Waals surface area contributed by atoms with Crippen molar-refractivity contribution < 1.29 is 21.9 Å². The fourth-order valence-electron chi connectivity index (χ4n) is 1.01. The first-order chi connectivity index (χ1) is 6.88. The van der Waals surface area contributed by atoms with Gasteiger partial charge in [-0.15, -0.1) is 0 Å². The SMILES string of the molecule is COc1ccnc(C(F)F)c1S(=O)(=O)Cl. The van der Waals surface area contributed by atoms with Crippen LogP contribution < -0.4 is 4.74 Å². The lowest BCUT2D eigenvalue weighted by Gasteiger charge is -2.08. The van der Waals surface area contributed by atoms with E-state index in [1.54, 1.807) is 0 Å². The minimum Gasteiger partial charge on any atom is -0.495 e. The first kappa shape index (κ1) is 12.1. The number of ether oxygens (including phenoxy) is 1. The highest BCUT2D eigenvalue weighted by atomic mass is 35.7. The Morgan fingerprint density at radius 2 is 2.13 bits per heavy atom. The Labute approximate surface area is 89.3 Å². The molecule has 0 radical (unpaired) electrons. The van der Waals surface area contributed by atoms with Gasteiger partial charge in [0.2, 0.25) is 0 Å². The smallest absolute Gasteiger partial charge is 0.281 e. The third-order valence-corrected chi connectivity index (χ3v) is 2.93. The van der Waals surface area contributed by atoms with E-state index in [9.17, 15) is 17.2 Å². The van der Waals surface area contributed by atoms with E-state index in [0.29, 0.717) is 0 Å². The first-order valence-corrected chi connectivity index (χ1v) is 5.94. The van der Waals surface area contributed by atoms with Crippen LogP contribution in [0, 0.1) is 0 Å². The number of pyridine rings is 1. The van der Waals surface area contributed by atoms with E-state index in [4.69, 9.17) is 10.7 Å². The molecule has 1 heterocycles. The van der Waals surface area contributed by atoms with Crippen molar-refractivity contribution in [3.63, 3.8) is 0 Å². The van der Waals surface area contributed by atoms with Gasteiger partial charge in [-0.05, 0) is 6.07 Å². The fraction of sp³-hybridized carbons (Fsp3) is 0.286.